The first-order chi connectivity index (χ1) is 10.4. The van der Waals surface area contributed by atoms with Gasteiger partial charge in [0, 0.05) is 27.1 Å². The summed E-state index contributed by atoms with van der Waals surface area (Å²) in [7, 11) is 1.63. The smallest absolute Gasteiger partial charge is 0.276 e. The van der Waals surface area contributed by atoms with Gasteiger partial charge in [0.05, 0.1) is 5.69 Å². The molecule has 3 rings (SSSR count). The predicted molar refractivity (Wildman–Crippen MR) is 92.5 cm³/mol. The molecule has 5 heteroatoms. The van der Waals surface area contributed by atoms with Gasteiger partial charge in [-0.15, -0.1) is 0 Å². The van der Waals surface area contributed by atoms with Crippen molar-refractivity contribution in [3.63, 3.8) is 0 Å². The molecular formula is C17H11Br2NO2. The van der Waals surface area contributed by atoms with Crippen molar-refractivity contribution in [1.29, 1.82) is 0 Å². The number of amides is 1. The summed E-state index contributed by atoms with van der Waals surface area (Å²) in [6, 6.07) is 12.7. The van der Waals surface area contributed by atoms with E-state index in [1.54, 1.807) is 19.2 Å². The third-order valence-electron chi connectivity index (χ3n) is 3.56. The fraction of sp³-hybridized carbons (Fsp3) is 0.118. The summed E-state index contributed by atoms with van der Waals surface area (Å²) >= 11 is 6.72. The normalized spacial score (nSPS) is 19.6. The lowest BCUT2D eigenvalue weighted by Gasteiger charge is -2.14. The maximum atomic E-state index is 12.4. The van der Waals surface area contributed by atoms with Crippen LogP contribution in [0.3, 0.4) is 0 Å². The second-order valence-corrected chi connectivity index (χ2v) is 6.82. The standard InChI is InChI=1S/C17H11Br2NO2/c1-20-15-7-6-13(19)10-14(15)17(22,16(20)21)9-8-11-2-4-12(18)5-3-11/h2-7,10,22H,1H3. The quantitative estimate of drug-likeness (QED) is 0.663. The minimum absolute atomic E-state index is 0.440. The first-order valence-electron chi connectivity index (χ1n) is 6.51. The van der Waals surface area contributed by atoms with Crippen molar-refractivity contribution in [3.8, 4) is 11.8 Å². The van der Waals surface area contributed by atoms with E-state index in [4.69, 9.17) is 0 Å². The third-order valence-corrected chi connectivity index (χ3v) is 4.58. The number of fused-ring (bicyclic) bond motifs is 1. The Morgan fingerprint density at radius 3 is 2.41 bits per heavy atom. The van der Waals surface area contributed by atoms with Gasteiger partial charge >= 0.3 is 0 Å². The highest BCUT2D eigenvalue weighted by molar-refractivity contribution is 9.10. The maximum Gasteiger partial charge on any atom is 0.276 e. The second-order valence-electron chi connectivity index (χ2n) is 4.99. The number of hydrogen-bond acceptors (Lipinski definition) is 2. The highest BCUT2D eigenvalue weighted by atomic mass is 79.9. The first-order valence-corrected chi connectivity index (χ1v) is 8.10. The number of halogens is 2. The molecule has 0 saturated carbocycles. The number of hydrogen-bond donors (Lipinski definition) is 1. The number of likely N-dealkylation sites (N-methyl/N-ethyl adjacent to an activating group) is 1. The number of anilines is 1. The van der Waals surface area contributed by atoms with Gasteiger partial charge < -0.3 is 10.0 Å². The summed E-state index contributed by atoms with van der Waals surface area (Å²) in [5.41, 5.74) is 0.0799. The molecule has 2 aromatic rings. The Labute approximate surface area is 145 Å². The lowest BCUT2D eigenvalue weighted by molar-refractivity contribution is -0.130. The van der Waals surface area contributed by atoms with Crippen LogP contribution in [0, 0.1) is 11.8 Å². The van der Waals surface area contributed by atoms with Crippen LogP contribution in [0.2, 0.25) is 0 Å². The van der Waals surface area contributed by atoms with Gasteiger partial charge in [0.15, 0.2) is 0 Å². The van der Waals surface area contributed by atoms with Crippen molar-refractivity contribution in [2.24, 2.45) is 0 Å². The summed E-state index contributed by atoms with van der Waals surface area (Å²) < 4.78 is 1.74. The molecule has 22 heavy (non-hydrogen) atoms. The van der Waals surface area contributed by atoms with E-state index in [0.717, 1.165) is 14.5 Å². The Hall–Kier alpha value is -1.61. The van der Waals surface area contributed by atoms with E-state index in [0.29, 0.717) is 11.3 Å². The van der Waals surface area contributed by atoms with E-state index in [9.17, 15) is 9.90 Å². The van der Waals surface area contributed by atoms with Crippen LogP contribution in [0.4, 0.5) is 5.69 Å². The summed E-state index contributed by atoms with van der Waals surface area (Å²) in [6.45, 7) is 0. The van der Waals surface area contributed by atoms with E-state index in [2.05, 4.69) is 43.7 Å². The Morgan fingerprint density at radius 1 is 1.09 bits per heavy atom. The van der Waals surface area contributed by atoms with E-state index in [1.807, 2.05) is 30.3 Å². The molecule has 1 atom stereocenters. The third kappa shape index (κ3) is 2.48. The van der Waals surface area contributed by atoms with Crippen molar-refractivity contribution in [1.82, 2.24) is 0 Å². The van der Waals surface area contributed by atoms with Crippen LogP contribution < -0.4 is 4.90 Å². The van der Waals surface area contributed by atoms with E-state index in [1.165, 1.54) is 4.90 Å². The van der Waals surface area contributed by atoms with Crippen molar-refractivity contribution in [3.05, 3.63) is 62.5 Å². The predicted octanol–water partition coefficient (Wildman–Crippen LogP) is 3.43. The first kappa shape index (κ1) is 15.3. The number of carbonyl (C=O) groups is 1. The van der Waals surface area contributed by atoms with Crippen LogP contribution in [0.1, 0.15) is 11.1 Å². The number of aliphatic hydroxyl groups is 1. The number of benzene rings is 2. The van der Waals surface area contributed by atoms with E-state index >= 15 is 0 Å². The number of carbonyl (C=O) groups excluding carboxylic acids is 1. The fourth-order valence-corrected chi connectivity index (χ4v) is 3.00. The van der Waals surface area contributed by atoms with Crippen LogP contribution in [0.25, 0.3) is 0 Å². The molecule has 1 aliphatic heterocycles. The van der Waals surface area contributed by atoms with Gasteiger partial charge in [0.25, 0.3) is 5.91 Å². The largest absolute Gasteiger partial charge is 0.366 e. The van der Waals surface area contributed by atoms with Crippen molar-refractivity contribution >= 4 is 43.5 Å². The van der Waals surface area contributed by atoms with E-state index in [-0.39, 0.29) is 0 Å². The molecular weight excluding hydrogens is 410 g/mol. The highest BCUT2D eigenvalue weighted by Crippen LogP contribution is 2.40. The SMILES string of the molecule is CN1C(=O)C(O)(C#Cc2ccc(Br)cc2)c2cc(Br)ccc21. The lowest BCUT2D eigenvalue weighted by Crippen LogP contribution is -2.37. The second kappa shape index (κ2) is 5.54. The summed E-state index contributed by atoms with van der Waals surface area (Å²) in [5.74, 6) is 5.18. The summed E-state index contributed by atoms with van der Waals surface area (Å²) in [6.07, 6.45) is 0. The van der Waals surface area contributed by atoms with Crippen molar-refractivity contribution in [2.45, 2.75) is 5.60 Å². The molecule has 0 radical (unpaired) electrons. The Kier molecular flexibility index (Phi) is 3.85. The zero-order valence-electron chi connectivity index (χ0n) is 11.6. The number of rotatable bonds is 0. The average molecular weight is 421 g/mol. The van der Waals surface area contributed by atoms with Crippen LogP contribution in [0.15, 0.2) is 51.4 Å². The van der Waals surface area contributed by atoms with Gasteiger partial charge in [-0.2, -0.15) is 0 Å². The Balaban J connectivity index is 2.09. The Morgan fingerprint density at radius 2 is 1.73 bits per heavy atom. The molecule has 0 saturated heterocycles. The van der Waals surface area contributed by atoms with Gasteiger partial charge in [0.1, 0.15) is 0 Å². The van der Waals surface area contributed by atoms with Gasteiger partial charge in [-0.3, -0.25) is 4.79 Å². The molecule has 0 fully saturated rings. The van der Waals surface area contributed by atoms with Crippen LogP contribution in [0.5, 0.6) is 0 Å². The van der Waals surface area contributed by atoms with Crippen molar-refractivity contribution in [2.75, 3.05) is 11.9 Å². The van der Waals surface area contributed by atoms with Gasteiger partial charge in [-0.25, -0.2) is 0 Å². The van der Waals surface area contributed by atoms with Gasteiger partial charge in [0.2, 0.25) is 5.60 Å². The van der Waals surface area contributed by atoms with Gasteiger partial charge in [-0.05, 0) is 48.4 Å². The molecule has 110 valence electrons. The van der Waals surface area contributed by atoms with Crippen LogP contribution in [-0.4, -0.2) is 18.1 Å². The summed E-state index contributed by atoms with van der Waals surface area (Å²) in [4.78, 5) is 13.8. The van der Waals surface area contributed by atoms with Crippen LogP contribution in [-0.2, 0) is 10.4 Å². The topological polar surface area (TPSA) is 40.5 Å². The molecule has 0 aliphatic carbocycles. The molecule has 0 aromatic heterocycles. The molecule has 2 aromatic carbocycles. The molecule has 1 N–H and O–H groups in total. The number of nitrogens with zero attached hydrogens (tertiary/aromatic N) is 1. The minimum atomic E-state index is -1.82. The van der Waals surface area contributed by atoms with Crippen LogP contribution >= 0.6 is 31.9 Å². The van der Waals surface area contributed by atoms with Gasteiger partial charge in [-0.1, -0.05) is 37.8 Å². The minimum Gasteiger partial charge on any atom is -0.366 e. The average Bonchev–Trinajstić information content (AvgIpc) is 2.69. The molecule has 0 spiro atoms. The Bertz CT molecular complexity index is 821. The lowest BCUT2D eigenvalue weighted by atomic mass is 9.95. The zero-order valence-corrected chi connectivity index (χ0v) is 14.8. The van der Waals surface area contributed by atoms with E-state index < -0.39 is 11.5 Å². The molecule has 1 amide bonds. The zero-order chi connectivity index (χ0) is 15.9. The van der Waals surface area contributed by atoms with Crippen molar-refractivity contribution < 1.29 is 9.90 Å². The molecule has 1 unspecified atom stereocenters. The molecule has 3 nitrogen and oxygen atoms in total. The summed E-state index contributed by atoms with van der Waals surface area (Å²) in [5, 5.41) is 10.8. The fourth-order valence-electron chi connectivity index (χ4n) is 2.37. The molecule has 0 bridgehead atoms. The molecule has 1 heterocycles. The monoisotopic (exact) mass is 419 g/mol. The highest BCUT2D eigenvalue weighted by Gasteiger charge is 2.47. The maximum absolute atomic E-state index is 12.4. The molecule has 1 aliphatic rings.